The Balaban J connectivity index is 0.000000102. The van der Waals surface area contributed by atoms with Gasteiger partial charge in [-0.05, 0) is 200 Å². The number of fused-ring (bicyclic) bond motifs is 15. The van der Waals surface area contributed by atoms with E-state index >= 15 is 0 Å². The number of para-hydroxylation sites is 3. The second kappa shape index (κ2) is 32.4. The summed E-state index contributed by atoms with van der Waals surface area (Å²) in [6.45, 7) is 4.77. The molecule has 6 aromatic heterocycles. The van der Waals surface area contributed by atoms with Gasteiger partial charge in [0, 0.05) is 82.4 Å². The fourth-order valence-corrected chi connectivity index (χ4v) is 24.4. The van der Waals surface area contributed by atoms with Crippen LogP contribution in [0.25, 0.3) is 294 Å². The van der Waals surface area contributed by atoms with Crippen molar-refractivity contribution in [2.24, 2.45) is 0 Å². The summed E-state index contributed by atoms with van der Waals surface area (Å²) >= 11 is 0. The fourth-order valence-electron chi connectivity index (χ4n) is 24.4. The van der Waals surface area contributed by atoms with Crippen molar-refractivity contribution in [3.8, 4) is 174 Å². The Kier molecular flexibility index (Phi) is 18.3. The van der Waals surface area contributed by atoms with E-state index in [4.69, 9.17) is 34.9 Å². The molecule has 28 aromatic rings. The van der Waals surface area contributed by atoms with Crippen molar-refractivity contribution in [2.45, 2.75) is 19.3 Å². The van der Waals surface area contributed by atoms with Gasteiger partial charge < -0.3 is 9.13 Å². The van der Waals surface area contributed by atoms with Gasteiger partial charge in [-0.15, -0.1) is 0 Å². The lowest BCUT2D eigenvalue weighted by atomic mass is 9.81. The molecule has 0 N–H and O–H groups in total. The summed E-state index contributed by atoms with van der Waals surface area (Å²) in [7, 11) is 0. The van der Waals surface area contributed by atoms with E-state index in [0.29, 0.717) is 17.5 Å². The van der Waals surface area contributed by atoms with Crippen molar-refractivity contribution < 1.29 is 0 Å². The highest BCUT2D eigenvalue weighted by molar-refractivity contribution is 6.35. The van der Waals surface area contributed by atoms with Crippen molar-refractivity contribution in [3.05, 3.63) is 484 Å². The van der Waals surface area contributed by atoms with Gasteiger partial charge in [-0.25, -0.2) is 34.9 Å². The number of rotatable bonds is 10. The molecule has 10 heteroatoms. The highest BCUT2D eigenvalue weighted by Gasteiger charge is 2.41. The SMILES string of the molecule is CC1(C)c2ccccc2-c2c1cc1c3c2-c2ccccc2-c2cccc4ccc(c3c24)n1-c1cccc(-c2nc(-c3ccccc3)nc(-c3ccccc3)n2)c1.c1ccc(-c2ccc(-c3nc4ccccc4nc3-n3c4cccc5c4c4c6c(cccc6ccc43)-c3ccccc3-5)cc2)cc1.c1ccc(-c2nc3cccc(-n4c5cccc6c5c5c7c(cccc7ccc54)-c4ccccc4-6)c3nc2-c2ccccc2)cc1. The van der Waals surface area contributed by atoms with Crippen molar-refractivity contribution in [1.29, 1.82) is 0 Å². The maximum absolute atomic E-state index is 5.46. The Morgan fingerprint density at radius 2 is 0.541 bits per heavy atom. The molecule has 6 heterocycles. The van der Waals surface area contributed by atoms with Gasteiger partial charge in [0.15, 0.2) is 23.3 Å². The monoisotopic (exact) mass is 1860 g/mol. The molecule has 10 nitrogen and oxygen atoms in total. The van der Waals surface area contributed by atoms with E-state index < -0.39 is 0 Å². The van der Waals surface area contributed by atoms with Gasteiger partial charge in [-0.3, -0.25) is 4.57 Å². The molecule has 0 atom stereocenters. The van der Waals surface area contributed by atoms with Gasteiger partial charge in [0.1, 0.15) is 11.2 Å². The van der Waals surface area contributed by atoms with Crippen LogP contribution in [0.15, 0.2) is 473 Å². The van der Waals surface area contributed by atoms with Crippen LogP contribution in [0.3, 0.4) is 0 Å². The van der Waals surface area contributed by atoms with Crippen LogP contribution in [-0.4, -0.2) is 48.6 Å². The van der Waals surface area contributed by atoms with E-state index in [1.54, 1.807) is 0 Å². The van der Waals surface area contributed by atoms with Crippen LogP contribution in [0.2, 0.25) is 0 Å². The van der Waals surface area contributed by atoms with Gasteiger partial charge in [0.25, 0.3) is 0 Å². The van der Waals surface area contributed by atoms with Crippen LogP contribution in [0.5, 0.6) is 0 Å². The van der Waals surface area contributed by atoms with E-state index in [-0.39, 0.29) is 5.41 Å². The molecule has 22 aromatic carbocycles. The molecule has 32 rings (SSSR count). The Morgan fingerprint density at radius 1 is 0.185 bits per heavy atom. The van der Waals surface area contributed by atoms with Crippen LogP contribution in [0, 0.1) is 0 Å². The molecule has 0 aliphatic heterocycles. The molecule has 146 heavy (non-hydrogen) atoms. The smallest absolute Gasteiger partial charge is 0.165 e. The van der Waals surface area contributed by atoms with Gasteiger partial charge in [-0.2, -0.15) is 0 Å². The molecule has 4 aliphatic rings. The second-order valence-corrected chi connectivity index (χ2v) is 39.1. The Labute approximate surface area is 840 Å². The van der Waals surface area contributed by atoms with Crippen LogP contribution in [0.1, 0.15) is 25.0 Å². The zero-order chi connectivity index (χ0) is 96.1. The lowest BCUT2D eigenvalue weighted by molar-refractivity contribution is 0.661. The quantitative estimate of drug-likeness (QED) is 0.134. The normalized spacial score (nSPS) is 12.5. The zero-order valence-electron chi connectivity index (χ0n) is 79.5. The molecule has 0 saturated heterocycles. The molecule has 0 spiro atoms. The standard InChI is InChI=1S/C52H34N4.2C42H25N3/c1-52(2)40-26-12-11-24-39(40)45-41(52)30-43-48-46(45)38-23-10-9-22-36(38)37-25-14-19-31-27-28-42(47(48)44(31)37)56(43)35-21-13-20-34(29-35)51-54-49(32-15-5-3-6-16-32)53-50(55-51)33-17-7-4-8-18-33;1-3-12-27(13-4-1)40-41(28-14-5-2-6-15-28)44-42-33(43-40)21-11-23-36(42)45-34-22-10-20-32-30-18-8-7-17-29(30)31-19-9-16-26-24-25-35(45)39(37(26)31)38(32)34;1-2-10-26(11-3-1)27-20-22-29(23-21-27)41-42(44-35-18-7-6-17-34(35)43-41)45-36-19-9-16-33-31-14-5-4-13-30(31)32-15-8-12-28-24-25-37(45)40(38(28)32)39(33)36/h3-30H,1-2H3;2*1-25H. The van der Waals surface area contributed by atoms with E-state index in [1.807, 2.05) is 66.7 Å². The molecule has 0 bridgehead atoms. The Hall–Kier alpha value is -19.3. The zero-order valence-corrected chi connectivity index (χ0v) is 79.5. The van der Waals surface area contributed by atoms with Crippen molar-refractivity contribution in [1.82, 2.24) is 48.6 Å². The predicted octanol–water partition coefficient (Wildman–Crippen LogP) is 34.8. The third-order valence-corrected chi connectivity index (χ3v) is 30.8. The van der Waals surface area contributed by atoms with E-state index in [9.17, 15) is 0 Å². The van der Waals surface area contributed by atoms with Crippen molar-refractivity contribution in [3.63, 3.8) is 0 Å². The minimum atomic E-state index is -0.185. The summed E-state index contributed by atoms with van der Waals surface area (Å²) in [4.78, 5) is 36.6. The number of hydrogen-bond acceptors (Lipinski definition) is 7. The average Bonchev–Trinajstić information content (AvgIpc) is 1.51. The molecule has 0 radical (unpaired) electrons. The maximum Gasteiger partial charge on any atom is 0.165 e. The molecular weight excluding hydrogens is 1770 g/mol. The van der Waals surface area contributed by atoms with E-state index in [2.05, 4.69) is 434 Å². The summed E-state index contributed by atoms with van der Waals surface area (Å²) in [5, 5.41) is 15.3. The minimum Gasteiger partial charge on any atom is -0.309 e. The summed E-state index contributed by atoms with van der Waals surface area (Å²) in [5.74, 6) is 2.78. The highest BCUT2D eigenvalue weighted by atomic mass is 15.1. The molecule has 678 valence electrons. The van der Waals surface area contributed by atoms with Gasteiger partial charge in [0.2, 0.25) is 0 Å². The first-order valence-corrected chi connectivity index (χ1v) is 50.0. The van der Waals surface area contributed by atoms with E-state index in [0.717, 1.165) is 101 Å². The van der Waals surface area contributed by atoms with E-state index in [1.165, 1.54) is 187 Å². The number of aromatic nitrogens is 10. The first-order valence-electron chi connectivity index (χ1n) is 50.0. The average molecular weight is 1860 g/mol. The topological polar surface area (TPSA) is 105 Å². The maximum atomic E-state index is 5.46. The minimum absolute atomic E-state index is 0.185. The number of benzene rings is 22. The summed E-state index contributed by atoms with van der Waals surface area (Å²) in [6.07, 6.45) is 0. The predicted molar refractivity (Wildman–Crippen MR) is 603 cm³/mol. The third-order valence-electron chi connectivity index (χ3n) is 30.8. The van der Waals surface area contributed by atoms with Crippen LogP contribution < -0.4 is 0 Å². The van der Waals surface area contributed by atoms with Crippen LogP contribution >= 0.6 is 0 Å². The van der Waals surface area contributed by atoms with Crippen molar-refractivity contribution >= 4 is 120 Å². The van der Waals surface area contributed by atoms with Crippen LogP contribution in [0.4, 0.5) is 0 Å². The Bertz CT molecular complexity index is 10300. The number of nitrogens with zero attached hydrogens (tertiary/aromatic N) is 10. The van der Waals surface area contributed by atoms with Crippen LogP contribution in [-0.2, 0) is 5.41 Å². The molecule has 4 aliphatic carbocycles. The van der Waals surface area contributed by atoms with Gasteiger partial charge in [0.05, 0.1) is 66.7 Å². The van der Waals surface area contributed by atoms with Gasteiger partial charge in [-0.1, -0.05) is 414 Å². The summed E-state index contributed by atoms with van der Waals surface area (Å²) < 4.78 is 7.24. The number of hydrogen-bond donors (Lipinski definition) is 0. The molecule has 0 saturated carbocycles. The fraction of sp³-hybridized carbons (Fsp3) is 0.0221. The molecule has 0 unspecified atom stereocenters. The molecule has 0 fully saturated rings. The first kappa shape index (κ1) is 82.6. The molecule has 0 amide bonds. The summed E-state index contributed by atoms with van der Waals surface area (Å²) in [5.41, 5.74) is 44.1. The largest absolute Gasteiger partial charge is 0.309 e. The first-order chi connectivity index (χ1) is 72.2. The molecular formula is C136H84N10. The summed E-state index contributed by atoms with van der Waals surface area (Å²) in [6, 6.07) is 169. The third kappa shape index (κ3) is 12.5. The van der Waals surface area contributed by atoms with Crippen molar-refractivity contribution in [2.75, 3.05) is 0 Å². The second-order valence-electron chi connectivity index (χ2n) is 39.1. The van der Waals surface area contributed by atoms with Gasteiger partial charge >= 0.3 is 0 Å². The highest BCUT2D eigenvalue weighted by Crippen LogP contribution is 2.61. The Morgan fingerprint density at radius 3 is 1.08 bits per heavy atom. The lowest BCUT2D eigenvalue weighted by Crippen LogP contribution is -2.15. The lowest BCUT2D eigenvalue weighted by Gasteiger charge is -2.23.